The zero-order valence-corrected chi connectivity index (χ0v) is 16.1. The third-order valence-corrected chi connectivity index (χ3v) is 4.15. The van der Waals surface area contributed by atoms with Crippen LogP contribution in [-0.2, 0) is 9.59 Å². The first-order chi connectivity index (χ1) is 10.2. The van der Waals surface area contributed by atoms with Crippen LogP contribution in [0.1, 0.15) is 93.9 Å². The van der Waals surface area contributed by atoms with Crippen molar-refractivity contribution in [3.05, 3.63) is 22.3 Å². The summed E-state index contributed by atoms with van der Waals surface area (Å²) in [5.41, 5.74) is 4.38. The zero-order chi connectivity index (χ0) is 17.7. The Balaban J connectivity index is 0. The van der Waals surface area contributed by atoms with Gasteiger partial charge in [-0.3, -0.25) is 9.59 Å². The molecule has 0 bridgehead atoms. The van der Waals surface area contributed by atoms with E-state index in [0.717, 1.165) is 24.0 Å². The van der Waals surface area contributed by atoms with Gasteiger partial charge in [0, 0.05) is 0 Å². The molecule has 2 nitrogen and oxygen atoms in total. The van der Waals surface area contributed by atoms with E-state index in [1.807, 2.05) is 27.7 Å². The highest BCUT2D eigenvalue weighted by Gasteiger charge is 2.01. The van der Waals surface area contributed by atoms with Gasteiger partial charge in [-0.05, 0) is 78.4 Å². The van der Waals surface area contributed by atoms with E-state index in [1.165, 1.54) is 36.8 Å². The van der Waals surface area contributed by atoms with Crippen LogP contribution in [0, 0.1) is 0 Å². The van der Waals surface area contributed by atoms with Crippen molar-refractivity contribution in [1.82, 2.24) is 0 Å². The van der Waals surface area contributed by atoms with Gasteiger partial charge in [0.15, 0.2) is 11.6 Å². The van der Waals surface area contributed by atoms with Crippen LogP contribution in [0.5, 0.6) is 0 Å². The summed E-state index contributed by atoms with van der Waals surface area (Å²) in [6, 6.07) is 0. The highest BCUT2D eigenvalue weighted by Crippen LogP contribution is 2.12. The van der Waals surface area contributed by atoms with E-state index in [-0.39, 0.29) is 11.6 Å². The fraction of sp³-hybridized carbons (Fsp3) is 0.700. The second-order valence-electron chi connectivity index (χ2n) is 6.13. The quantitative estimate of drug-likeness (QED) is 0.500. The van der Waals surface area contributed by atoms with Gasteiger partial charge in [0.25, 0.3) is 0 Å². The van der Waals surface area contributed by atoms with E-state index in [4.69, 9.17) is 0 Å². The standard InChI is InChI=1S/2C10H18O/c2*1-5-6-7-8(2)9(3)10(4)11/h2*5-7H2,1-4H3. The van der Waals surface area contributed by atoms with Gasteiger partial charge in [0.1, 0.15) is 0 Å². The Labute approximate surface area is 138 Å². The molecule has 0 saturated heterocycles. The molecule has 0 heterocycles. The molecule has 0 radical (unpaired) electrons. The molecular formula is C20H36O2. The second-order valence-corrected chi connectivity index (χ2v) is 6.13. The molecule has 0 aromatic heterocycles. The lowest BCUT2D eigenvalue weighted by molar-refractivity contribution is -0.114. The summed E-state index contributed by atoms with van der Waals surface area (Å²) < 4.78 is 0. The first kappa shape index (κ1) is 23.1. The topological polar surface area (TPSA) is 34.1 Å². The van der Waals surface area contributed by atoms with Crippen molar-refractivity contribution in [2.75, 3.05) is 0 Å². The molecule has 0 saturated carbocycles. The van der Waals surface area contributed by atoms with Crippen LogP contribution >= 0.6 is 0 Å². The first-order valence-corrected chi connectivity index (χ1v) is 8.53. The normalized spacial score (nSPS) is 12.7. The van der Waals surface area contributed by atoms with Gasteiger partial charge in [-0.1, -0.05) is 37.8 Å². The van der Waals surface area contributed by atoms with Crippen molar-refractivity contribution in [3.8, 4) is 0 Å². The first-order valence-electron chi connectivity index (χ1n) is 8.53. The fourth-order valence-corrected chi connectivity index (χ4v) is 1.86. The number of hydrogen-bond acceptors (Lipinski definition) is 2. The van der Waals surface area contributed by atoms with E-state index in [2.05, 4.69) is 13.8 Å². The van der Waals surface area contributed by atoms with Crippen LogP contribution in [0.2, 0.25) is 0 Å². The summed E-state index contributed by atoms with van der Waals surface area (Å²) in [6.07, 6.45) is 6.92. The van der Waals surface area contributed by atoms with Gasteiger partial charge in [-0.2, -0.15) is 0 Å². The Morgan fingerprint density at radius 3 is 1.05 bits per heavy atom. The van der Waals surface area contributed by atoms with Crippen molar-refractivity contribution in [1.29, 1.82) is 0 Å². The van der Waals surface area contributed by atoms with Gasteiger partial charge in [-0.25, -0.2) is 0 Å². The molecular weight excluding hydrogens is 272 g/mol. The average molecular weight is 309 g/mol. The molecule has 0 N–H and O–H groups in total. The van der Waals surface area contributed by atoms with Crippen molar-refractivity contribution < 1.29 is 9.59 Å². The molecule has 0 fully saturated rings. The summed E-state index contributed by atoms with van der Waals surface area (Å²) in [4.78, 5) is 21.8. The van der Waals surface area contributed by atoms with Crippen molar-refractivity contribution in [3.63, 3.8) is 0 Å². The van der Waals surface area contributed by atoms with Gasteiger partial charge in [0.2, 0.25) is 0 Å². The van der Waals surface area contributed by atoms with Crippen LogP contribution in [0.4, 0.5) is 0 Å². The molecule has 0 aromatic rings. The molecule has 0 aliphatic carbocycles. The molecule has 0 spiro atoms. The maximum Gasteiger partial charge on any atom is 0.155 e. The average Bonchev–Trinajstić information content (AvgIpc) is 2.48. The number of carbonyl (C=O) groups excluding carboxylic acids is 2. The van der Waals surface area contributed by atoms with Gasteiger partial charge < -0.3 is 0 Å². The lowest BCUT2D eigenvalue weighted by Gasteiger charge is -2.02. The zero-order valence-electron chi connectivity index (χ0n) is 16.1. The summed E-state index contributed by atoms with van der Waals surface area (Å²) in [6.45, 7) is 15.5. The lowest BCUT2D eigenvalue weighted by Crippen LogP contribution is -1.95. The SMILES string of the molecule is CCCCC(C)=C(C)C(C)=O.CCCCC(C)=C(C)C(C)=O. The van der Waals surface area contributed by atoms with Crippen LogP contribution in [-0.4, -0.2) is 11.6 Å². The maximum absolute atomic E-state index is 10.9. The maximum atomic E-state index is 10.9. The molecule has 0 amide bonds. The third-order valence-electron chi connectivity index (χ3n) is 4.15. The number of rotatable bonds is 8. The van der Waals surface area contributed by atoms with Gasteiger partial charge in [-0.15, -0.1) is 0 Å². The minimum absolute atomic E-state index is 0.207. The Kier molecular flexibility index (Phi) is 14.1. The minimum Gasteiger partial charge on any atom is -0.295 e. The minimum atomic E-state index is 0.207. The molecule has 0 aliphatic heterocycles. The summed E-state index contributed by atoms with van der Waals surface area (Å²) >= 11 is 0. The molecule has 22 heavy (non-hydrogen) atoms. The van der Waals surface area contributed by atoms with E-state index in [9.17, 15) is 9.59 Å². The highest BCUT2D eigenvalue weighted by molar-refractivity contribution is 5.93. The van der Waals surface area contributed by atoms with E-state index in [1.54, 1.807) is 13.8 Å². The molecule has 0 aromatic carbocycles. The predicted octanol–water partition coefficient (Wildman–Crippen LogP) is 6.20. The lowest BCUT2D eigenvalue weighted by atomic mass is 10.0. The van der Waals surface area contributed by atoms with Gasteiger partial charge >= 0.3 is 0 Å². The fourth-order valence-electron chi connectivity index (χ4n) is 1.86. The number of ketones is 2. The molecule has 0 atom stereocenters. The Morgan fingerprint density at radius 1 is 0.591 bits per heavy atom. The second kappa shape index (κ2) is 13.5. The number of allylic oxidation sites excluding steroid dienone is 4. The van der Waals surface area contributed by atoms with Crippen molar-refractivity contribution >= 4 is 11.6 Å². The van der Waals surface area contributed by atoms with Crippen LogP contribution in [0.15, 0.2) is 22.3 Å². The number of Topliss-reactive ketones (excluding diaryl/α,β-unsaturated/α-hetero) is 2. The number of hydrogen-bond donors (Lipinski definition) is 0. The van der Waals surface area contributed by atoms with Crippen LogP contribution in [0.25, 0.3) is 0 Å². The molecule has 2 heteroatoms. The Morgan fingerprint density at radius 2 is 0.864 bits per heavy atom. The van der Waals surface area contributed by atoms with E-state index >= 15 is 0 Å². The summed E-state index contributed by atoms with van der Waals surface area (Å²) in [5, 5.41) is 0. The third kappa shape index (κ3) is 11.5. The summed E-state index contributed by atoms with van der Waals surface area (Å²) in [7, 11) is 0. The Bertz CT molecular complexity index is 371. The highest BCUT2D eigenvalue weighted by atomic mass is 16.1. The summed E-state index contributed by atoms with van der Waals surface area (Å²) in [5.74, 6) is 0.414. The molecule has 128 valence electrons. The molecule has 0 rings (SSSR count). The van der Waals surface area contributed by atoms with Gasteiger partial charge in [0.05, 0.1) is 0 Å². The van der Waals surface area contributed by atoms with Crippen LogP contribution in [0.3, 0.4) is 0 Å². The van der Waals surface area contributed by atoms with Crippen molar-refractivity contribution in [2.24, 2.45) is 0 Å². The van der Waals surface area contributed by atoms with Crippen molar-refractivity contribution in [2.45, 2.75) is 93.9 Å². The number of carbonyl (C=O) groups is 2. The van der Waals surface area contributed by atoms with Crippen LogP contribution < -0.4 is 0 Å². The van der Waals surface area contributed by atoms with E-state index < -0.39 is 0 Å². The molecule has 0 aliphatic rings. The predicted molar refractivity (Wildman–Crippen MR) is 97.2 cm³/mol. The monoisotopic (exact) mass is 308 g/mol. The largest absolute Gasteiger partial charge is 0.295 e. The molecule has 0 unspecified atom stereocenters. The van der Waals surface area contributed by atoms with E-state index in [0.29, 0.717) is 0 Å². The smallest absolute Gasteiger partial charge is 0.155 e. The number of unbranched alkanes of at least 4 members (excludes halogenated alkanes) is 2. The Hall–Kier alpha value is -1.18.